The zero-order chi connectivity index (χ0) is 14.2. The fourth-order valence-electron chi connectivity index (χ4n) is 2.75. The van der Waals surface area contributed by atoms with E-state index in [1.807, 2.05) is 36.5 Å². The Bertz CT molecular complexity index is 890. The van der Waals surface area contributed by atoms with Crippen LogP contribution in [0.2, 0.25) is 5.02 Å². The number of aromatic nitrogens is 3. The molecular formula is C17H12ClN3. The van der Waals surface area contributed by atoms with Crippen LogP contribution in [0.4, 0.5) is 0 Å². The number of fused-ring (bicyclic) bond motifs is 3. The number of halogens is 1. The lowest BCUT2D eigenvalue weighted by atomic mass is 10.2. The SMILES string of the molecule is Clc1cccc(Cn2c3ccccc3c3ncncc32)c1. The summed E-state index contributed by atoms with van der Waals surface area (Å²) in [4.78, 5) is 8.60. The van der Waals surface area contributed by atoms with Gasteiger partial charge in [0.15, 0.2) is 0 Å². The van der Waals surface area contributed by atoms with E-state index >= 15 is 0 Å². The van der Waals surface area contributed by atoms with Crippen LogP contribution in [0.5, 0.6) is 0 Å². The van der Waals surface area contributed by atoms with Crippen molar-refractivity contribution in [2.24, 2.45) is 0 Å². The maximum Gasteiger partial charge on any atom is 0.116 e. The molecule has 0 fully saturated rings. The summed E-state index contributed by atoms with van der Waals surface area (Å²) in [6, 6.07) is 16.2. The molecule has 21 heavy (non-hydrogen) atoms. The van der Waals surface area contributed by atoms with Crippen LogP contribution in [0.1, 0.15) is 5.56 Å². The maximum absolute atomic E-state index is 6.09. The third-order valence-electron chi connectivity index (χ3n) is 3.66. The molecule has 0 saturated heterocycles. The van der Waals surface area contributed by atoms with E-state index in [1.165, 1.54) is 0 Å². The molecule has 2 aromatic heterocycles. The van der Waals surface area contributed by atoms with E-state index in [0.717, 1.165) is 39.1 Å². The fraction of sp³-hybridized carbons (Fsp3) is 0.0588. The number of hydrogen-bond donors (Lipinski definition) is 0. The van der Waals surface area contributed by atoms with Gasteiger partial charge in [0.1, 0.15) is 6.33 Å². The summed E-state index contributed by atoms with van der Waals surface area (Å²) in [5, 5.41) is 1.90. The molecular weight excluding hydrogens is 282 g/mol. The standard InChI is InChI=1S/C17H12ClN3/c18-13-5-3-4-12(8-13)10-21-15-7-2-1-6-14(15)17-16(21)9-19-11-20-17/h1-9,11H,10H2. The van der Waals surface area contributed by atoms with Crippen LogP contribution >= 0.6 is 11.6 Å². The highest BCUT2D eigenvalue weighted by molar-refractivity contribution is 6.30. The third-order valence-corrected chi connectivity index (χ3v) is 3.90. The monoisotopic (exact) mass is 293 g/mol. The molecule has 0 radical (unpaired) electrons. The topological polar surface area (TPSA) is 30.7 Å². The molecule has 4 heteroatoms. The predicted octanol–water partition coefficient (Wildman–Crippen LogP) is 4.29. The van der Waals surface area contributed by atoms with Crippen LogP contribution in [0, 0.1) is 0 Å². The summed E-state index contributed by atoms with van der Waals surface area (Å²) in [6.07, 6.45) is 3.46. The maximum atomic E-state index is 6.09. The summed E-state index contributed by atoms with van der Waals surface area (Å²) in [5.41, 5.74) is 4.35. The van der Waals surface area contributed by atoms with Gasteiger partial charge in [0.2, 0.25) is 0 Å². The summed E-state index contributed by atoms with van der Waals surface area (Å²) in [7, 11) is 0. The minimum atomic E-state index is 0.748. The Labute approximate surface area is 126 Å². The number of hydrogen-bond acceptors (Lipinski definition) is 2. The normalized spacial score (nSPS) is 11.3. The number of rotatable bonds is 2. The molecule has 4 aromatic rings. The zero-order valence-electron chi connectivity index (χ0n) is 11.2. The Balaban J connectivity index is 1.97. The van der Waals surface area contributed by atoms with Gasteiger partial charge in [-0.1, -0.05) is 41.9 Å². The molecule has 0 bridgehead atoms. The van der Waals surface area contributed by atoms with Crippen LogP contribution in [0.25, 0.3) is 21.9 Å². The molecule has 0 amide bonds. The molecule has 4 rings (SSSR count). The van der Waals surface area contributed by atoms with E-state index in [2.05, 4.69) is 32.7 Å². The van der Waals surface area contributed by atoms with Gasteiger partial charge in [-0.15, -0.1) is 0 Å². The van der Waals surface area contributed by atoms with Crippen LogP contribution in [-0.2, 0) is 6.54 Å². The highest BCUT2D eigenvalue weighted by atomic mass is 35.5. The predicted molar refractivity (Wildman–Crippen MR) is 85.6 cm³/mol. The van der Waals surface area contributed by atoms with Gasteiger partial charge in [0, 0.05) is 17.0 Å². The van der Waals surface area contributed by atoms with E-state index in [9.17, 15) is 0 Å². The molecule has 0 aliphatic heterocycles. The Morgan fingerprint density at radius 3 is 2.81 bits per heavy atom. The first-order chi connectivity index (χ1) is 10.3. The van der Waals surface area contributed by atoms with Gasteiger partial charge >= 0.3 is 0 Å². The zero-order valence-corrected chi connectivity index (χ0v) is 12.0. The van der Waals surface area contributed by atoms with Crippen molar-refractivity contribution in [3.8, 4) is 0 Å². The van der Waals surface area contributed by atoms with Gasteiger partial charge in [-0.2, -0.15) is 0 Å². The highest BCUT2D eigenvalue weighted by Crippen LogP contribution is 2.27. The molecule has 2 aromatic carbocycles. The van der Waals surface area contributed by atoms with Crippen LogP contribution in [-0.4, -0.2) is 14.5 Å². The fourth-order valence-corrected chi connectivity index (χ4v) is 2.97. The van der Waals surface area contributed by atoms with Gasteiger partial charge in [-0.25, -0.2) is 9.97 Å². The first kappa shape index (κ1) is 12.4. The second-order valence-corrected chi connectivity index (χ2v) is 5.43. The molecule has 102 valence electrons. The molecule has 0 N–H and O–H groups in total. The second kappa shape index (κ2) is 4.86. The van der Waals surface area contributed by atoms with Gasteiger partial charge in [0.05, 0.1) is 22.7 Å². The lowest BCUT2D eigenvalue weighted by molar-refractivity contribution is 0.865. The van der Waals surface area contributed by atoms with Gasteiger partial charge in [-0.05, 0) is 23.8 Å². The number of para-hydroxylation sites is 1. The van der Waals surface area contributed by atoms with Gasteiger partial charge < -0.3 is 4.57 Å². The van der Waals surface area contributed by atoms with Crippen molar-refractivity contribution in [2.75, 3.05) is 0 Å². The van der Waals surface area contributed by atoms with Gasteiger partial charge in [0.25, 0.3) is 0 Å². The second-order valence-electron chi connectivity index (χ2n) is 4.99. The summed E-state index contributed by atoms with van der Waals surface area (Å²) in [6.45, 7) is 0.748. The summed E-state index contributed by atoms with van der Waals surface area (Å²) < 4.78 is 2.23. The Morgan fingerprint density at radius 2 is 1.90 bits per heavy atom. The number of benzene rings is 2. The van der Waals surface area contributed by atoms with Gasteiger partial charge in [-0.3, -0.25) is 0 Å². The lowest BCUT2D eigenvalue weighted by Gasteiger charge is -2.07. The van der Waals surface area contributed by atoms with Crippen molar-refractivity contribution in [3.05, 3.63) is 71.6 Å². The molecule has 0 spiro atoms. The minimum Gasteiger partial charge on any atom is -0.333 e. The van der Waals surface area contributed by atoms with Crippen molar-refractivity contribution in [3.63, 3.8) is 0 Å². The van der Waals surface area contributed by atoms with Crippen molar-refractivity contribution < 1.29 is 0 Å². The van der Waals surface area contributed by atoms with Crippen molar-refractivity contribution >= 4 is 33.5 Å². The lowest BCUT2D eigenvalue weighted by Crippen LogP contribution is -1.99. The summed E-state index contributed by atoms with van der Waals surface area (Å²) in [5.74, 6) is 0. The molecule has 0 saturated carbocycles. The smallest absolute Gasteiger partial charge is 0.116 e. The van der Waals surface area contributed by atoms with Crippen LogP contribution in [0.15, 0.2) is 61.1 Å². The van der Waals surface area contributed by atoms with Crippen molar-refractivity contribution in [1.82, 2.24) is 14.5 Å². The average molecular weight is 294 g/mol. The van der Waals surface area contributed by atoms with Crippen LogP contribution < -0.4 is 0 Å². The quantitative estimate of drug-likeness (QED) is 0.552. The summed E-state index contributed by atoms with van der Waals surface area (Å²) >= 11 is 6.09. The largest absolute Gasteiger partial charge is 0.333 e. The first-order valence-corrected chi connectivity index (χ1v) is 7.12. The Hall–Kier alpha value is -2.39. The minimum absolute atomic E-state index is 0.748. The van der Waals surface area contributed by atoms with E-state index in [0.29, 0.717) is 0 Å². The van der Waals surface area contributed by atoms with Crippen molar-refractivity contribution in [2.45, 2.75) is 6.54 Å². The molecule has 3 nitrogen and oxygen atoms in total. The molecule has 0 aliphatic rings. The first-order valence-electron chi connectivity index (χ1n) is 6.74. The van der Waals surface area contributed by atoms with E-state index in [4.69, 9.17) is 11.6 Å². The van der Waals surface area contributed by atoms with Crippen molar-refractivity contribution in [1.29, 1.82) is 0 Å². The van der Waals surface area contributed by atoms with E-state index in [-0.39, 0.29) is 0 Å². The average Bonchev–Trinajstić information content (AvgIpc) is 2.83. The van der Waals surface area contributed by atoms with Crippen LogP contribution in [0.3, 0.4) is 0 Å². The number of nitrogens with zero attached hydrogens (tertiary/aromatic N) is 3. The van der Waals surface area contributed by atoms with E-state index < -0.39 is 0 Å². The molecule has 0 unspecified atom stereocenters. The third kappa shape index (κ3) is 2.06. The Kier molecular flexibility index (Phi) is 2.86. The molecule has 2 heterocycles. The molecule has 0 aliphatic carbocycles. The Morgan fingerprint density at radius 1 is 1.00 bits per heavy atom. The van der Waals surface area contributed by atoms with E-state index in [1.54, 1.807) is 6.33 Å². The molecule has 0 atom stereocenters. The highest BCUT2D eigenvalue weighted by Gasteiger charge is 2.11.